The van der Waals surface area contributed by atoms with E-state index in [1.807, 2.05) is 35.2 Å². The lowest BCUT2D eigenvalue weighted by molar-refractivity contribution is -0.123. The van der Waals surface area contributed by atoms with Crippen molar-refractivity contribution < 1.29 is 19.5 Å². The molecule has 1 aliphatic carbocycles. The molecule has 0 spiro atoms. The molecule has 12 heteroatoms. The van der Waals surface area contributed by atoms with Gasteiger partial charge in [-0.15, -0.1) is 0 Å². The van der Waals surface area contributed by atoms with Gasteiger partial charge in [0.25, 0.3) is 6.47 Å². The van der Waals surface area contributed by atoms with E-state index in [1.54, 1.807) is 0 Å². The quantitative estimate of drug-likeness (QED) is 0.285. The Labute approximate surface area is 224 Å². The second-order valence-corrected chi connectivity index (χ2v) is 9.95. The molecule has 198 valence electrons. The fraction of sp³-hybridized carbons (Fsp3) is 0.385. The van der Waals surface area contributed by atoms with Gasteiger partial charge in [-0.05, 0) is 42.7 Å². The van der Waals surface area contributed by atoms with E-state index in [2.05, 4.69) is 17.5 Å². The van der Waals surface area contributed by atoms with Crippen LogP contribution in [0.1, 0.15) is 59.1 Å². The van der Waals surface area contributed by atoms with Crippen LogP contribution in [0.5, 0.6) is 0 Å². The highest BCUT2D eigenvalue weighted by Crippen LogP contribution is 2.48. The molecule has 6 N–H and O–H groups in total. The molecular formula is C26H29N7O4S. The van der Waals surface area contributed by atoms with Gasteiger partial charge in [0.1, 0.15) is 28.2 Å². The Morgan fingerprint density at radius 1 is 1.16 bits per heavy atom. The van der Waals surface area contributed by atoms with Crippen molar-refractivity contribution in [1.82, 2.24) is 10.3 Å². The first kappa shape index (κ1) is 28.4. The van der Waals surface area contributed by atoms with Crippen LogP contribution in [0, 0.1) is 22.7 Å². The lowest BCUT2D eigenvalue weighted by Crippen LogP contribution is -2.46. The topological polar surface area (TPSA) is 199 Å². The van der Waals surface area contributed by atoms with Crippen molar-refractivity contribution in [3.05, 3.63) is 52.6 Å². The number of thioether (sulfide) groups is 1. The summed E-state index contributed by atoms with van der Waals surface area (Å²) in [4.78, 5) is 39.2. The Hall–Kier alpha value is -4.13. The van der Waals surface area contributed by atoms with Crippen LogP contribution in [0.3, 0.4) is 0 Å². The molecule has 1 aromatic carbocycles. The molecule has 2 aromatic rings. The standard InChI is InChI=1S/C25H27N7O2S.CH2O2/c26-12-18-21(15-6-7-15)19(13-27)25(35-22(23(29)34)16-4-2-1-3-5-16)31-24(18)32-10-8-17(9-11-32)30-20(33)14-28;2-1-3/h1-5,15,17,22H,6-11,14,28H2,(H2,29,34)(H,30,33);1H,(H,2,3). The number of pyridine rings is 1. The smallest absolute Gasteiger partial charge is 0.290 e. The van der Waals surface area contributed by atoms with Crippen molar-refractivity contribution in [1.29, 1.82) is 10.5 Å². The molecule has 2 amide bonds. The van der Waals surface area contributed by atoms with Gasteiger partial charge < -0.3 is 26.8 Å². The summed E-state index contributed by atoms with van der Waals surface area (Å²) in [5.74, 6) is -0.0608. The van der Waals surface area contributed by atoms with Gasteiger partial charge in [0.2, 0.25) is 11.8 Å². The molecule has 1 atom stereocenters. The molecule has 0 radical (unpaired) electrons. The molecule has 2 aliphatic rings. The van der Waals surface area contributed by atoms with E-state index >= 15 is 0 Å². The van der Waals surface area contributed by atoms with Gasteiger partial charge in [-0.25, -0.2) is 4.98 Å². The largest absolute Gasteiger partial charge is 0.483 e. The predicted molar refractivity (Wildman–Crippen MR) is 141 cm³/mol. The summed E-state index contributed by atoms with van der Waals surface area (Å²) >= 11 is 1.15. The number of nitrogens with two attached hydrogens (primary N) is 2. The fourth-order valence-corrected chi connectivity index (χ4v) is 5.48. The highest BCUT2D eigenvalue weighted by molar-refractivity contribution is 8.00. The number of amides is 2. The minimum Gasteiger partial charge on any atom is -0.483 e. The van der Waals surface area contributed by atoms with E-state index in [-0.39, 0.29) is 30.9 Å². The Morgan fingerprint density at radius 3 is 2.26 bits per heavy atom. The number of benzene rings is 1. The van der Waals surface area contributed by atoms with Crippen molar-refractivity contribution >= 4 is 35.9 Å². The zero-order valence-electron chi connectivity index (χ0n) is 20.7. The van der Waals surface area contributed by atoms with Crippen molar-refractivity contribution in [2.45, 2.75) is 47.9 Å². The van der Waals surface area contributed by atoms with Gasteiger partial charge in [-0.1, -0.05) is 42.1 Å². The summed E-state index contributed by atoms with van der Waals surface area (Å²) in [6.07, 6.45) is 3.19. The number of anilines is 1. The summed E-state index contributed by atoms with van der Waals surface area (Å²) in [5.41, 5.74) is 13.4. The highest BCUT2D eigenvalue weighted by atomic mass is 32.2. The third-order valence-electron chi connectivity index (χ3n) is 6.33. The molecule has 2 heterocycles. The number of nitriles is 2. The zero-order chi connectivity index (χ0) is 27.7. The number of carbonyl (C=O) groups excluding carboxylic acids is 2. The highest BCUT2D eigenvalue weighted by Gasteiger charge is 2.36. The van der Waals surface area contributed by atoms with Crippen LogP contribution in [-0.4, -0.2) is 54.1 Å². The molecule has 2 fully saturated rings. The van der Waals surface area contributed by atoms with E-state index < -0.39 is 11.2 Å². The average molecular weight is 536 g/mol. The third-order valence-corrected chi connectivity index (χ3v) is 7.59. The number of nitrogens with zero attached hydrogens (tertiary/aromatic N) is 4. The van der Waals surface area contributed by atoms with E-state index in [0.29, 0.717) is 47.9 Å². The number of aromatic nitrogens is 1. The summed E-state index contributed by atoms with van der Waals surface area (Å²) < 4.78 is 0. The Bertz CT molecular complexity index is 1250. The normalized spacial score (nSPS) is 15.7. The van der Waals surface area contributed by atoms with Crippen LogP contribution in [0.4, 0.5) is 5.82 Å². The van der Waals surface area contributed by atoms with Crippen LogP contribution in [0.25, 0.3) is 0 Å². The Kier molecular flexibility index (Phi) is 10.0. The first-order valence-corrected chi connectivity index (χ1v) is 13.0. The van der Waals surface area contributed by atoms with Gasteiger partial charge in [0.15, 0.2) is 0 Å². The van der Waals surface area contributed by atoms with Gasteiger partial charge in [0.05, 0.1) is 17.7 Å². The third kappa shape index (κ3) is 6.79. The van der Waals surface area contributed by atoms with E-state index in [4.69, 9.17) is 26.4 Å². The van der Waals surface area contributed by atoms with E-state index in [1.165, 1.54) is 0 Å². The van der Waals surface area contributed by atoms with Crippen LogP contribution >= 0.6 is 11.8 Å². The number of piperidine rings is 1. The molecule has 1 aliphatic heterocycles. The van der Waals surface area contributed by atoms with Gasteiger partial charge in [-0.2, -0.15) is 10.5 Å². The molecule has 1 unspecified atom stereocenters. The fourth-order valence-electron chi connectivity index (χ4n) is 4.43. The van der Waals surface area contributed by atoms with Crippen molar-refractivity contribution in [3.63, 3.8) is 0 Å². The van der Waals surface area contributed by atoms with Crippen LogP contribution < -0.4 is 21.7 Å². The molecule has 1 aromatic heterocycles. The van der Waals surface area contributed by atoms with Gasteiger partial charge in [-0.3, -0.25) is 14.4 Å². The first-order valence-electron chi connectivity index (χ1n) is 12.1. The average Bonchev–Trinajstić information content (AvgIpc) is 3.77. The minimum absolute atomic E-state index is 0.0142. The first-order chi connectivity index (χ1) is 18.4. The molecule has 38 heavy (non-hydrogen) atoms. The van der Waals surface area contributed by atoms with E-state index in [0.717, 1.165) is 35.7 Å². The van der Waals surface area contributed by atoms with Gasteiger partial charge >= 0.3 is 0 Å². The van der Waals surface area contributed by atoms with Crippen molar-refractivity contribution in [3.8, 4) is 12.1 Å². The second-order valence-electron chi connectivity index (χ2n) is 8.85. The van der Waals surface area contributed by atoms with Crippen molar-refractivity contribution in [2.24, 2.45) is 11.5 Å². The maximum absolute atomic E-state index is 12.4. The van der Waals surface area contributed by atoms with Crippen molar-refractivity contribution in [2.75, 3.05) is 24.5 Å². The predicted octanol–water partition coefficient (Wildman–Crippen LogP) is 1.77. The van der Waals surface area contributed by atoms with Crippen LogP contribution in [0.15, 0.2) is 35.4 Å². The van der Waals surface area contributed by atoms with Crippen LogP contribution in [-0.2, 0) is 14.4 Å². The maximum Gasteiger partial charge on any atom is 0.290 e. The molecule has 4 rings (SSSR count). The number of primary amides is 1. The number of carboxylic acid groups (broad SMARTS) is 1. The monoisotopic (exact) mass is 535 g/mol. The van der Waals surface area contributed by atoms with Crippen LogP contribution in [0.2, 0.25) is 0 Å². The zero-order valence-corrected chi connectivity index (χ0v) is 21.5. The second kappa shape index (κ2) is 13.4. The molecule has 0 bridgehead atoms. The number of rotatable bonds is 8. The summed E-state index contributed by atoms with van der Waals surface area (Å²) in [6.45, 7) is 0.883. The Morgan fingerprint density at radius 2 is 1.76 bits per heavy atom. The molecule has 1 saturated heterocycles. The molecule has 1 saturated carbocycles. The SMILES string of the molecule is N#Cc1c(SC(C(N)=O)c2ccccc2)nc(N2CCC(NC(=O)CN)CC2)c(C#N)c1C1CC1.O=CO. The van der Waals surface area contributed by atoms with Gasteiger partial charge in [0, 0.05) is 19.1 Å². The lowest BCUT2D eigenvalue weighted by Gasteiger charge is -2.34. The number of hydrogen-bond donors (Lipinski definition) is 4. The summed E-state index contributed by atoms with van der Waals surface area (Å²) in [5, 5.41) is 29.7. The molecule has 11 nitrogen and oxygen atoms in total. The number of hydrogen-bond acceptors (Lipinski definition) is 9. The summed E-state index contributed by atoms with van der Waals surface area (Å²) in [6, 6.07) is 13.7. The van der Waals surface area contributed by atoms with E-state index in [9.17, 15) is 20.1 Å². The minimum atomic E-state index is -0.721. The Balaban J connectivity index is 0.00000127. The number of carbonyl (C=O) groups is 3. The lowest BCUT2D eigenvalue weighted by atomic mass is 9.98. The summed E-state index contributed by atoms with van der Waals surface area (Å²) in [7, 11) is 0. The maximum atomic E-state index is 12.4. The number of nitrogens with one attached hydrogen (secondary N) is 1. The molecular weight excluding hydrogens is 506 g/mol.